The Hall–Kier alpha value is -2.56. The average molecular weight is 528 g/mol. The number of ether oxygens (including phenoxy) is 2. The first-order valence-corrected chi connectivity index (χ1v) is 9.56. The van der Waals surface area contributed by atoms with Gasteiger partial charge in [-0.3, -0.25) is 4.79 Å². The van der Waals surface area contributed by atoms with E-state index in [9.17, 15) is 9.18 Å². The van der Waals surface area contributed by atoms with Crippen LogP contribution in [-0.2, 0) is 17.8 Å². The molecule has 3 N–H and O–H groups in total. The third kappa shape index (κ3) is 7.36. The maximum atomic E-state index is 13.2. The molecule has 30 heavy (non-hydrogen) atoms. The molecule has 3 rings (SSSR count). The second-order valence-electron chi connectivity index (χ2n) is 6.47. The van der Waals surface area contributed by atoms with E-state index >= 15 is 0 Å². The standard InChI is InChI=1S/C21H25FN4O3.HI/c1-2-23-21(26-13-16-6-7-18-19(11-16)29-14-28-18)25-9-8-24-20(27)12-15-4-3-5-17(22)10-15;/h3-7,10-11H,2,8-9,12-14H2,1H3,(H,24,27)(H2,23,25,26);1H. The summed E-state index contributed by atoms with van der Waals surface area (Å²) in [5, 5.41) is 9.16. The van der Waals surface area contributed by atoms with E-state index in [0.717, 1.165) is 23.6 Å². The molecule has 7 nitrogen and oxygen atoms in total. The number of benzene rings is 2. The van der Waals surface area contributed by atoms with Crippen molar-refractivity contribution < 1.29 is 18.7 Å². The first-order chi connectivity index (χ1) is 14.1. The minimum atomic E-state index is -0.342. The predicted molar refractivity (Wildman–Crippen MR) is 124 cm³/mol. The molecule has 1 aliphatic heterocycles. The first-order valence-electron chi connectivity index (χ1n) is 9.56. The van der Waals surface area contributed by atoms with E-state index in [0.29, 0.717) is 31.2 Å². The lowest BCUT2D eigenvalue weighted by Gasteiger charge is -2.12. The lowest BCUT2D eigenvalue weighted by molar-refractivity contribution is -0.120. The van der Waals surface area contributed by atoms with Crippen LogP contribution in [0.3, 0.4) is 0 Å². The third-order valence-corrected chi connectivity index (χ3v) is 4.19. The zero-order valence-corrected chi connectivity index (χ0v) is 19.1. The highest BCUT2D eigenvalue weighted by Crippen LogP contribution is 2.32. The number of nitrogens with zero attached hydrogens (tertiary/aromatic N) is 1. The summed E-state index contributed by atoms with van der Waals surface area (Å²) in [5.41, 5.74) is 1.66. The molecule has 9 heteroatoms. The SMILES string of the molecule is CCNC(=NCc1ccc2c(c1)OCO2)NCCNC(=O)Cc1cccc(F)c1.I. The molecule has 0 fully saturated rings. The van der Waals surface area contributed by atoms with Crippen molar-refractivity contribution in [3.05, 3.63) is 59.4 Å². The van der Waals surface area contributed by atoms with Crippen LogP contribution in [0.5, 0.6) is 11.5 Å². The van der Waals surface area contributed by atoms with Crippen LogP contribution >= 0.6 is 24.0 Å². The van der Waals surface area contributed by atoms with Crippen molar-refractivity contribution in [2.75, 3.05) is 26.4 Å². The summed E-state index contributed by atoms with van der Waals surface area (Å²) < 4.78 is 23.9. The third-order valence-electron chi connectivity index (χ3n) is 4.19. The minimum absolute atomic E-state index is 0. The summed E-state index contributed by atoms with van der Waals surface area (Å²) in [6.45, 7) is 4.39. The molecule has 2 aromatic rings. The van der Waals surface area contributed by atoms with Gasteiger partial charge in [0.25, 0.3) is 0 Å². The highest BCUT2D eigenvalue weighted by molar-refractivity contribution is 14.0. The molecule has 0 saturated heterocycles. The van der Waals surface area contributed by atoms with E-state index in [2.05, 4.69) is 20.9 Å². The predicted octanol–water partition coefficient (Wildman–Crippen LogP) is 2.59. The number of halogens is 2. The van der Waals surface area contributed by atoms with E-state index in [1.807, 2.05) is 25.1 Å². The van der Waals surface area contributed by atoms with Crippen LogP contribution in [0.4, 0.5) is 4.39 Å². The van der Waals surface area contributed by atoms with Gasteiger partial charge in [-0.25, -0.2) is 9.38 Å². The van der Waals surface area contributed by atoms with Gasteiger partial charge in [0.15, 0.2) is 17.5 Å². The number of aliphatic imine (C=N–C) groups is 1. The Kier molecular flexibility index (Phi) is 9.65. The fourth-order valence-electron chi connectivity index (χ4n) is 2.83. The summed E-state index contributed by atoms with van der Waals surface area (Å²) in [5.74, 6) is 1.64. The van der Waals surface area contributed by atoms with Crippen molar-refractivity contribution in [2.24, 2.45) is 4.99 Å². The van der Waals surface area contributed by atoms with Crippen molar-refractivity contribution >= 4 is 35.8 Å². The Bertz CT molecular complexity index is 879. The van der Waals surface area contributed by atoms with Gasteiger partial charge in [0.05, 0.1) is 13.0 Å². The Morgan fingerprint density at radius 2 is 1.83 bits per heavy atom. The lowest BCUT2D eigenvalue weighted by Crippen LogP contribution is -2.41. The van der Waals surface area contributed by atoms with Crippen LogP contribution in [0.15, 0.2) is 47.5 Å². The summed E-state index contributed by atoms with van der Waals surface area (Å²) in [6.07, 6.45) is 0.149. The highest BCUT2D eigenvalue weighted by atomic mass is 127. The number of fused-ring (bicyclic) bond motifs is 1. The van der Waals surface area contributed by atoms with Gasteiger partial charge in [0, 0.05) is 19.6 Å². The molecule has 0 bridgehead atoms. The number of rotatable bonds is 8. The second kappa shape index (κ2) is 12.2. The molecule has 0 spiro atoms. The summed E-state index contributed by atoms with van der Waals surface area (Å²) in [7, 11) is 0. The summed E-state index contributed by atoms with van der Waals surface area (Å²) in [4.78, 5) is 16.5. The first kappa shape index (κ1) is 23.7. The van der Waals surface area contributed by atoms with Gasteiger partial charge in [-0.1, -0.05) is 18.2 Å². The fraction of sp³-hybridized carbons (Fsp3) is 0.333. The normalized spacial score (nSPS) is 12.1. The quantitative estimate of drug-likeness (QED) is 0.213. The lowest BCUT2D eigenvalue weighted by atomic mass is 10.1. The number of hydrogen-bond donors (Lipinski definition) is 3. The van der Waals surface area contributed by atoms with Gasteiger partial charge in [-0.15, -0.1) is 24.0 Å². The minimum Gasteiger partial charge on any atom is -0.454 e. The number of hydrogen-bond acceptors (Lipinski definition) is 4. The molecule has 0 radical (unpaired) electrons. The average Bonchev–Trinajstić information content (AvgIpc) is 3.17. The molecule has 1 aliphatic rings. The summed E-state index contributed by atoms with van der Waals surface area (Å²) >= 11 is 0. The van der Waals surface area contributed by atoms with Gasteiger partial charge in [0.2, 0.25) is 12.7 Å². The van der Waals surface area contributed by atoms with Crippen LogP contribution in [0.1, 0.15) is 18.1 Å². The Labute approximate surface area is 192 Å². The van der Waals surface area contributed by atoms with Crippen LogP contribution in [0.25, 0.3) is 0 Å². The van der Waals surface area contributed by atoms with Crippen molar-refractivity contribution in [3.8, 4) is 11.5 Å². The van der Waals surface area contributed by atoms with Crippen LogP contribution < -0.4 is 25.4 Å². The number of carbonyl (C=O) groups is 1. The molecule has 2 aromatic carbocycles. The zero-order valence-electron chi connectivity index (χ0n) is 16.7. The molecule has 1 heterocycles. The van der Waals surface area contributed by atoms with Crippen molar-refractivity contribution in [1.82, 2.24) is 16.0 Å². The van der Waals surface area contributed by atoms with E-state index in [4.69, 9.17) is 9.47 Å². The Morgan fingerprint density at radius 1 is 1.03 bits per heavy atom. The number of guanidine groups is 1. The van der Waals surface area contributed by atoms with Crippen molar-refractivity contribution in [1.29, 1.82) is 0 Å². The van der Waals surface area contributed by atoms with Crippen LogP contribution in [0, 0.1) is 5.82 Å². The van der Waals surface area contributed by atoms with E-state index in [1.54, 1.807) is 12.1 Å². The molecule has 162 valence electrons. The smallest absolute Gasteiger partial charge is 0.231 e. The van der Waals surface area contributed by atoms with Crippen LogP contribution in [-0.4, -0.2) is 38.3 Å². The molecule has 0 saturated carbocycles. The number of nitrogens with one attached hydrogen (secondary N) is 3. The molecular weight excluding hydrogens is 502 g/mol. The van der Waals surface area contributed by atoms with Crippen molar-refractivity contribution in [3.63, 3.8) is 0 Å². The fourth-order valence-corrected chi connectivity index (χ4v) is 2.83. The van der Waals surface area contributed by atoms with E-state index in [-0.39, 0.29) is 48.9 Å². The topological polar surface area (TPSA) is 84.0 Å². The van der Waals surface area contributed by atoms with Gasteiger partial charge in [-0.05, 0) is 42.3 Å². The van der Waals surface area contributed by atoms with Gasteiger partial charge < -0.3 is 25.4 Å². The maximum absolute atomic E-state index is 13.2. The molecule has 0 atom stereocenters. The van der Waals surface area contributed by atoms with E-state index < -0.39 is 0 Å². The van der Waals surface area contributed by atoms with Crippen molar-refractivity contribution in [2.45, 2.75) is 19.9 Å². The van der Waals surface area contributed by atoms with E-state index in [1.165, 1.54) is 12.1 Å². The van der Waals surface area contributed by atoms with Gasteiger partial charge in [-0.2, -0.15) is 0 Å². The highest BCUT2D eigenvalue weighted by Gasteiger charge is 2.13. The number of carbonyl (C=O) groups excluding carboxylic acids is 1. The van der Waals surface area contributed by atoms with Crippen LogP contribution in [0.2, 0.25) is 0 Å². The number of amides is 1. The Morgan fingerprint density at radius 3 is 2.63 bits per heavy atom. The van der Waals surface area contributed by atoms with Gasteiger partial charge in [0.1, 0.15) is 5.82 Å². The Balaban J connectivity index is 0.00000320. The molecule has 0 aromatic heterocycles. The second-order valence-corrected chi connectivity index (χ2v) is 6.47. The largest absolute Gasteiger partial charge is 0.454 e. The zero-order chi connectivity index (χ0) is 20.5. The monoisotopic (exact) mass is 528 g/mol. The molecular formula is C21H26FIN4O3. The molecule has 0 aliphatic carbocycles. The molecule has 0 unspecified atom stereocenters. The van der Waals surface area contributed by atoms with Gasteiger partial charge >= 0.3 is 0 Å². The maximum Gasteiger partial charge on any atom is 0.231 e. The summed E-state index contributed by atoms with van der Waals surface area (Å²) in [6, 6.07) is 11.8. The molecule has 1 amide bonds.